The molecule has 0 radical (unpaired) electrons. The fraction of sp³-hybridized carbons (Fsp3) is 0.750. The first-order valence-electron chi connectivity index (χ1n) is 4.05. The topological polar surface area (TPSA) is 18.5 Å². The van der Waals surface area contributed by atoms with Crippen LogP contribution in [0.5, 0.6) is 0 Å². The Morgan fingerprint density at radius 2 is 1.83 bits per heavy atom. The van der Waals surface area contributed by atoms with Gasteiger partial charge in [0.2, 0.25) is 8.32 Å². The zero-order chi connectivity index (χ0) is 9.78. The predicted octanol–water partition coefficient (Wildman–Crippen LogP) is 3.46. The molecule has 0 saturated carbocycles. The summed E-state index contributed by atoms with van der Waals surface area (Å²) in [5.74, 6) is 0.636. The van der Waals surface area contributed by atoms with Gasteiger partial charge in [0.15, 0.2) is 0 Å². The molecule has 0 atom stereocenters. The summed E-state index contributed by atoms with van der Waals surface area (Å²) < 4.78 is 11.9. The summed E-state index contributed by atoms with van der Waals surface area (Å²) in [6, 6.07) is 0. The molecule has 0 bridgehead atoms. The molecule has 0 aromatic heterocycles. The van der Waals surface area contributed by atoms with E-state index in [-0.39, 0.29) is 0 Å². The molecule has 4 heteroatoms. The van der Waals surface area contributed by atoms with Crippen LogP contribution in [0.25, 0.3) is 0 Å². The van der Waals surface area contributed by atoms with Gasteiger partial charge in [-0.05, 0) is 49.4 Å². The second kappa shape index (κ2) is 4.92. The molecule has 72 valence electrons. The molecular formula is C8H17BrO2Si. The summed E-state index contributed by atoms with van der Waals surface area (Å²) in [4.78, 5) is 0. The number of rotatable bonds is 4. The van der Waals surface area contributed by atoms with Crippen molar-refractivity contribution >= 4 is 24.2 Å². The summed E-state index contributed by atoms with van der Waals surface area (Å²) in [5, 5.41) is 0. The van der Waals surface area contributed by atoms with Crippen molar-refractivity contribution < 1.29 is 9.16 Å². The lowest BCUT2D eigenvalue weighted by Crippen LogP contribution is -2.26. The van der Waals surface area contributed by atoms with Crippen molar-refractivity contribution in [1.82, 2.24) is 0 Å². The monoisotopic (exact) mass is 252 g/mol. The van der Waals surface area contributed by atoms with Gasteiger partial charge in [-0.1, -0.05) is 0 Å². The van der Waals surface area contributed by atoms with E-state index in [1.165, 1.54) is 0 Å². The minimum absolute atomic E-state index is 0.636. The van der Waals surface area contributed by atoms with Gasteiger partial charge < -0.3 is 9.16 Å². The van der Waals surface area contributed by atoms with Crippen molar-refractivity contribution in [1.29, 1.82) is 0 Å². The van der Waals surface area contributed by atoms with Crippen molar-refractivity contribution in [3.63, 3.8) is 0 Å². The van der Waals surface area contributed by atoms with Gasteiger partial charge in [0.1, 0.15) is 0 Å². The van der Waals surface area contributed by atoms with E-state index in [1.54, 1.807) is 0 Å². The molecule has 0 spiro atoms. The first kappa shape index (κ1) is 12.0. The first-order valence-corrected chi connectivity index (χ1v) is 8.25. The minimum Gasteiger partial charge on any atom is -0.519 e. The lowest BCUT2D eigenvalue weighted by Gasteiger charge is -2.21. The van der Waals surface area contributed by atoms with Crippen LogP contribution in [0.3, 0.4) is 0 Å². The molecular weight excluding hydrogens is 236 g/mol. The molecule has 0 aliphatic carbocycles. The molecule has 0 rings (SSSR count). The fourth-order valence-electron chi connectivity index (χ4n) is 0.608. The van der Waals surface area contributed by atoms with Crippen LogP contribution >= 0.6 is 15.9 Å². The summed E-state index contributed by atoms with van der Waals surface area (Å²) in [5.41, 5.74) is 0. The van der Waals surface area contributed by atoms with Gasteiger partial charge in [-0.15, -0.1) is 0 Å². The Morgan fingerprint density at radius 1 is 1.33 bits per heavy atom. The smallest absolute Gasteiger partial charge is 0.275 e. The molecule has 0 aliphatic rings. The largest absolute Gasteiger partial charge is 0.519 e. The fourth-order valence-corrected chi connectivity index (χ4v) is 1.72. The van der Waals surface area contributed by atoms with Crippen LogP contribution in [0.1, 0.15) is 13.8 Å². The van der Waals surface area contributed by atoms with Gasteiger partial charge in [-0.3, -0.25) is 0 Å². The average Bonchev–Trinajstić information content (AvgIpc) is 1.83. The summed E-state index contributed by atoms with van der Waals surface area (Å²) in [6.45, 7) is 10.9. The highest BCUT2D eigenvalue weighted by Gasteiger charge is 2.19. The van der Waals surface area contributed by atoms with E-state index in [4.69, 9.17) is 9.16 Å². The van der Waals surface area contributed by atoms with Crippen molar-refractivity contribution in [2.24, 2.45) is 0 Å². The minimum atomic E-state index is -1.53. The Bertz CT molecular complexity index is 168. The van der Waals surface area contributed by atoms with Crippen LogP contribution in [-0.2, 0) is 9.16 Å². The van der Waals surface area contributed by atoms with Crippen LogP contribution in [0, 0.1) is 0 Å². The first-order chi connectivity index (χ1) is 5.37. The lowest BCUT2D eigenvalue weighted by molar-refractivity contribution is 0.111. The van der Waals surface area contributed by atoms with Crippen LogP contribution in [0.2, 0.25) is 19.6 Å². The maximum Gasteiger partial charge on any atom is 0.275 e. The molecule has 0 fully saturated rings. The third kappa shape index (κ3) is 5.66. The Balaban J connectivity index is 4.26. The van der Waals surface area contributed by atoms with E-state index in [2.05, 4.69) is 35.6 Å². The second-order valence-electron chi connectivity index (χ2n) is 3.47. The number of ether oxygens (including phenoxy) is 1. The predicted molar refractivity (Wildman–Crippen MR) is 57.7 cm³/mol. The lowest BCUT2D eigenvalue weighted by atomic mass is 10.7. The van der Waals surface area contributed by atoms with Crippen LogP contribution in [0.15, 0.2) is 10.4 Å². The van der Waals surface area contributed by atoms with E-state index < -0.39 is 8.32 Å². The zero-order valence-corrected chi connectivity index (χ0v) is 11.0. The zero-order valence-electron chi connectivity index (χ0n) is 8.40. The highest BCUT2D eigenvalue weighted by Crippen LogP contribution is 2.18. The van der Waals surface area contributed by atoms with Crippen molar-refractivity contribution in [3.8, 4) is 0 Å². The molecule has 2 nitrogen and oxygen atoms in total. The second-order valence-corrected chi connectivity index (χ2v) is 9.09. The van der Waals surface area contributed by atoms with E-state index in [0.717, 1.165) is 4.48 Å². The van der Waals surface area contributed by atoms with Crippen LogP contribution < -0.4 is 0 Å². The maximum atomic E-state index is 5.69. The molecule has 0 unspecified atom stereocenters. The molecule has 12 heavy (non-hydrogen) atoms. The summed E-state index contributed by atoms with van der Waals surface area (Å²) in [7, 11) is -1.53. The Morgan fingerprint density at radius 3 is 2.08 bits per heavy atom. The van der Waals surface area contributed by atoms with E-state index >= 15 is 0 Å². The normalized spacial score (nSPS) is 13.8. The van der Waals surface area contributed by atoms with E-state index in [0.29, 0.717) is 12.6 Å². The molecule has 0 N–H and O–H groups in total. The van der Waals surface area contributed by atoms with E-state index in [9.17, 15) is 0 Å². The number of halogens is 1. The Labute approximate surface area is 84.2 Å². The van der Waals surface area contributed by atoms with Gasteiger partial charge >= 0.3 is 0 Å². The number of hydrogen-bond donors (Lipinski definition) is 0. The molecule has 0 aromatic rings. The Kier molecular flexibility index (Phi) is 4.93. The van der Waals surface area contributed by atoms with Gasteiger partial charge in [-0.2, -0.15) is 0 Å². The molecule has 0 saturated heterocycles. The molecule has 0 amide bonds. The van der Waals surface area contributed by atoms with Crippen LogP contribution in [-0.4, -0.2) is 14.9 Å². The average molecular weight is 253 g/mol. The third-order valence-corrected chi connectivity index (χ3v) is 2.08. The highest BCUT2D eigenvalue weighted by molar-refractivity contribution is 9.11. The third-order valence-electron chi connectivity index (χ3n) is 0.956. The van der Waals surface area contributed by atoms with Gasteiger partial charge in [0, 0.05) is 0 Å². The van der Waals surface area contributed by atoms with Crippen molar-refractivity contribution in [2.75, 3.05) is 6.61 Å². The Hall–Kier alpha value is 0.0369. The van der Waals surface area contributed by atoms with Crippen molar-refractivity contribution in [3.05, 3.63) is 10.4 Å². The summed E-state index contributed by atoms with van der Waals surface area (Å²) >= 11 is 3.35. The standard InChI is InChI=1S/C8H17BrO2Si/c1-6-10-8(7(2)9)11-12(3,4)5/h6H2,1-5H3. The maximum absolute atomic E-state index is 5.69. The molecule has 0 aliphatic heterocycles. The SMILES string of the molecule is CCOC(O[Si](C)(C)C)=C(C)Br. The quantitative estimate of drug-likeness (QED) is 0.564. The van der Waals surface area contributed by atoms with Gasteiger partial charge in [0.05, 0.1) is 11.1 Å². The van der Waals surface area contributed by atoms with Gasteiger partial charge in [0.25, 0.3) is 5.95 Å². The number of hydrogen-bond acceptors (Lipinski definition) is 2. The molecule has 0 heterocycles. The van der Waals surface area contributed by atoms with Gasteiger partial charge in [-0.25, -0.2) is 0 Å². The highest BCUT2D eigenvalue weighted by atomic mass is 79.9. The molecule has 0 aromatic carbocycles. The van der Waals surface area contributed by atoms with E-state index in [1.807, 2.05) is 13.8 Å². The van der Waals surface area contributed by atoms with Crippen molar-refractivity contribution in [2.45, 2.75) is 33.5 Å². The summed E-state index contributed by atoms with van der Waals surface area (Å²) in [6.07, 6.45) is 0. The number of allylic oxidation sites excluding steroid dienone is 1. The van der Waals surface area contributed by atoms with Crippen LogP contribution in [0.4, 0.5) is 0 Å².